The van der Waals surface area contributed by atoms with Gasteiger partial charge in [-0.2, -0.15) is 0 Å². The minimum atomic E-state index is -3.30. The lowest BCUT2D eigenvalue weighted by Crippen LogP contribution is -2.46. The summed E-state index contributed by atoms with van der Waals surface area (Å²) < 4.78 is 23.4. The summed E-state index contributed by atoms with van der Waals surface area (Å²) in [7, 11) is -3.30. The monoisotopic (exact) mass is 289 g/mol. The van der Waals surface area contributed by atoms with Crippen LogP contribution in [-0.2, 0) is 14.6 Å². The third-order valence-electron chi connectivity index (χ3n) is 4.09. The van der Waals surface area contributed by atoms with Gasteiger partial charge < -0.3 is 5.32 Å². The van der Waals surface area contributed by atoms with E-state index in [2.05, 4.69) is 26.1 Å². The molecule has 0 bridgehead atoms. The van der Waals surface area contributed by atoms with Crippen LogP contribution in [0.25, 0.3) is 0 Å². The lowest BCUT2D eigenvalue weighted by Gasteiger charge is -2.39. The molecule has 0 aromatic heterocycles. The van der Waals surface area contributed by atoms with Gasteiger partial charge >= 0.3 is 0 Å². The summed E-state index contributed by atoms with van der Waals surface area (Å²) in [6.07, 6.45) is 3.07. The summed E-state index contributed by atoms with van der Waals surface area (Å²) >= 11 is 0. The standard InChI is InChI=1S/C14H27NO3S/c1-10(2)19(17,18)9-13(16)15-12-6-7-14(4,5)8-11(12)3/h10-12H,6-9H2,1-5H3,(H,15,16)/t11-,12+/m0/s1. The average molecular weight is 289 g/mol. The number of nitrogens with one attached hydrogen (secondary N) is 1. The molecule has 1 fully saturated rings. The quantitative estimate of drug-likeness (QED) is 0.862. The van der Waals surface area contributed by atoms with Crippen molar-refractivity contribution in [2.24, 2.45) is 11.3 Å². The van der Waals surface area contributed by atoms with Crippen molar-refractivity contribution in [3.05, 3.63) is 0 Å². The van der Waals surface area contributed by atoms with Crippen molar-refractivity contribution in [2.45, 2.75) is 65.2 Å². The van der Waals surface area contributed by atoms with Gasteiger partial charge in [-0.15, -0.1) is 0 Å². The highest BCUT2D eigenvalue weighted by molar-refractivity contribution is 7.92. The molecule has 4 nitrogen and oxygen atoms in total. The molecule has 1 amide bonds. The predicted molar refractivity (Wildman–Crippen MR) is 77.6 cm³/mol. The number of carbonyl (C=O) groups excluding carboxylic acids is 1. The summed E-state index contributed by atoms with van der Waals surface area (Å²) in [4.78, 5) is 11.8. The average Bonchev–Trinajstić information content (AvgIpc) is 2.20. The Morgan fingerprint density at radius 1 is 1.37 bits per heavy atom. The zero-order chi connectivity index (χ0) is 14.8. The second-order valence-electron chi connectivity index (χ2n) is 6.91. The Balaban J connectivity index is 2.55. The summed E-state index contributed by atoms with van der Waals surface area (Å²) in [5.41, 5.74) is 0.324. The van der Waals surface area contributed by atoms with Crippen molar-refractivity contribution < 1.29 is 13.2 Å². The van der Waals surface area contributed by atoms with E-state index in [1.165, 1.54) is 0 Å². The topological polar surface area (TPSA) is 63.2 Å². The zero-order valence-electron chi connectivity index (χ0n) is 12.7. The van der Waals surface area contributed by atoms with Gasteiger partial charge in [0.15, 0.2) is 9.84 Å². The van der Waals surface area contributed by atoms with E-state index in [4.69, 9.17) is 0 Å². The molecule has 19 heavy (non-hydrogen) atoms. The van der Waals surface area contributed by atoms with E-state index in [-0.39, 0.29) is 11.9 Å². The number of hydrogen-bond acceptors (Lipinski definition) is 3. The fourth-order valence-corrected chi connectivity index (χ4v) is 3.54. The maximum atomic E-state index is 11.8. The third-order valence-corrected chi connectivity index (χ3v) is 6.19. The van der Waals surface area contributed by atoms with Crippen LogP contribution in [-0.4, -0.2) is 31.4 Å². The van der Waals surface area contributed by atoms with E-state index in [0.29, 0.717) is 11.3 Å². The highest BCUT2D eigenvalue weighted by Gasteiger charge is 2.33. The molecule has 0 spiro atoms. The predicted octanol–water partition coefficient (Wildman–Crippen LogP) is 2.14. The van der Waals surface area contributed by atoms with Crippen LogP contribution in [0.1, 0.15) is 53.9 Å². The molecule has 0 aromatic carbocycles. The van der Waals surface area contributed by atoms with Crippen molar-refractivity contribution >= 4 is 15.7 Å². The molecule has 1 rings (SSSR count). The number of sulfone groups is 1. The van der Waals surface area contributed by atoms with Crippen LogP contribution in [0.4, 0.5) is 0 Å². The van der Waals surface area contributed by atoms with Gasteiger partial charge in [-0.3, -0.25) is 4.79 Å². The summed E-state index contributed by atoms with van der Waals surface area (Å²) in [5, 5.41) is 2.40. The Kier molecular flexibility index (Phi) is 5.04. The Hall–Kier alpha value is -0.580. The van der Waals surface area contributed by atoms with Crippen LogP contribution in [0.15, 0.2) is 0 Å². The summed E-state index contributed by atoms with van der Waals surface area (Å²) in [6.45, 7) is 9.82. The van der Waals surface area contributed by atoms with Crippen molar-refractivity contribution in [1.29, 1.82) is 0 Å². The normalized spacial score (nSPS) is 27.3. The van der Waals surface area contributed by atoms with E-state index < -0.39 is 20.8 Å². The molecular formula is C14H27NO3S. The van der Waals surface area contributed by atoms with Crippen LogP contribution >= 0.6 is 0 Å². The molecule has 0 radical (unpaired) electrons. The van der Waals surface area contributed by atoms with Gasteiger partial charge in [0.05, 0.1) is 5.25 Å². The van der Waals surface area contributed by atoms with E-state index in [1.54, 1.807) is 13.8 Å². The maximum Gasteiger partial charge on any atom is 0.235 e. The molecule has 1 N–H and O–H groups in total. The van der Waals surface area contributed by atoms with Crippen molar-refractivity contribution in [2.75, 3.05) is 5.75 Å². The maximum absolute atomic E-state index is 11.8. The fraction of sp³-hybridized carbons (Fsp3) is 0.929. The Morgan fingerprint density at radius 3 is 2.42 bits per heavy atom. The van der Waals surface area contributed by atoms with E-state index in [1.807, 2.05) is 0 Å². The lowest BCUT2D eigenvalue weighted by atomic mass is 9.70. The van der Waals surface area contributed by atoms with Crippen LogP contribution in [0.3, 0.4) is 0 Å². The fourth-order valence-electron chi connectivity index (χ4n) is 2.76. The molecule has 1 aliphatic rings. The van der Waals surface area contributed by atoms with Crippen molar-refractivity contribution in [3.8, 4) is 0 Å². The molecule has 1 saturated carbocycles. The van der Waals surface area contributed by atoms with E-state index in [0.717, 1.165) is 19.3 Å². The first kappa shape index (κ1) is 16.5. The third kappa shape index (κ3) is 4.79. The van der Waals surface area contributed by atoms with Crippen LogP contribution < -0.4 is 5.32 Å². The molecule has 0 unspecified atom stereocenters. The second kappa shape index (κ2) is 5.81. The summed E-state index contributed by atoms with van der Waals surface area (Å²) in [5.74, 6) is -0.350. The SMILES string of the molecule is CC(C)S(=O)(=O)CC(=O)N[C@@H]1CCC(C)(C)C[C@@H]1C. The summed E-state index contributed by atoms with van der Waals surface area (Å²) in [6, 6.07) is 0.114. The Labute approximate surface area is 117 Å². The molecule has 2 atom stereocenters. The Morgan fingerprint density at radius 2 is 1.95 bits per heavy atom. The largest absolute Gasteiger partial charge is 0.352 e. The van der Waals surface area contributed by atoms with Crippen LogP contribution in [0, 0.1) is 11.3 Å². The van der Waals surface area contributed by atoms with Gasteiger partial charge in [-0.1, -0.05) is 20.8 Å². The van der Waals surface area contributed by atoms with Gasteiger partial charge in [0, 0.05) is 6.04 Å². The minimum Gasteiger partial charge on any atom is -0.352 e. The number of amides is 1. The van der Waals surface area contributed by atoms with Gasteiger partial charge in [0.2, 0.25) is 5.91 Å². The number of rotatable bonds is 4. The van der Waals surface area contributed by atoms with Gasteiger partial charge in [-0.05, 0) is 44.4 Å². The van der Waals surface area contributed by atoms with Crippen LogP contribution in [0.5, 0.6) is 0 Å². The molecule has 1 aliphatic carbocycles. The molecule has 0 aromatic rings. The Bertz CT molecular complexity index is 426. The molecule has 0 aliphatic heterocycles. The highest BCUT2D eigenvalue weighted by Crippen LogP contribution is 2.38. The van der Waals surface area contributed by atoms with Crippen molar-refractivity contribution in [1.82, 2.24) is 5.32 Å². The van der Waals surface area contributed by atoms with Crippen molar-refractivity contribution in [3.63, 3.8) is 0 Å². The van der Waals surface area contributed by atoms with Gasteiger partial charge in [0.25, 0.3) is 0 Å². The van der Waals surface area contributed by atoms with E-state index in [9.17, 15) is 13.2 Å². The van der Waals surface area contributed by atoms with E-state index >= 15 is 0 Å². The highest BCUT2D eigenvalue weighted by atomic mass is 32.2. The molecule has 0 saturated heterocycles. The first-order valence-corrected chi connectivity index (χ1v) is 8.76. The number of hydrogen-bond donors (Lipinski definition) is 1. The zero-order valence-corrected chi connectivity index (χ0v) is 13.5. The molecule has 5 heteroatoms. The van der Waals surface area contributed by atoms with Gasteiger partial charge in [-0.25, -0.2) is 8.42 Å². The first-order valence-electron chi connectivity index (χ1n) is 7.04. The first-order chi connectivity index (χ1) is 8.53. The lowest BCUT2D eigenvalue weighted by molar-refractivity contribution is -0.120. The van der Waals surface area contributed by atoms with Crippen LogP contribution in [0.2, 0.25) is 0 Å². The molecular weight excluding hydrogens is 262 g/mol. The minimum absolute atomic E-state index is 0.114. The second-order valence-corrected chi connectivity index (χ2v) is 9.47. The smallest absolute Gasteiger partial charge is 0.235 e. The van der Waals surface area contributed by atoms with Gasteiger partial charge in [0.1, 0.15) is 5.75 Å². The molecule has 112 valence electrons. The number of carbonyl (C=O) groups is 1. The molecule has 0 heterocycles.